The number of hydrogen-bond acceptors (Lipinski definition) is 6. The number of carbonyl (C=O) groups is 1. The number of rotatable bonds is 5. The van der Waals surface area contributed by atoms with Gasteiger partial charge in [0.15, 0.2) is 5.82 Å². The van der Waals surface area contributed by atoms with E-state index >= 15 is 0 Å². The largest absolute Gasteiger partial charge is 0.360 e. The van der Waals surface area contributed by atoms with E-state index in [9.17, 15) is 4.79 Å². The van der Waals surface area contributed by atoms with Crippen LogP contribution in [-0.4, -0.2) is 27.0 Å². The van der Waals surface area contributed by atoms with Crippen LogP contribution in [0.2, 0.25) is 0 Å². The second-order valence-corrected chi connectivity index (χ2v) is 6.73. The average molecular weight is 354 g/mol. The zero-order valence-electron chi connectivity index (χ0n) is 14.2. The van der Waals surface area contributed by atoms with Crippen molar-refractivity contribution in [2.75, 3.05) is 11.1 Å². The van der Waals surface area contributed by atoms with Gasteiger partial charge >= 0.3 is 0 Å². The van der Waals surface area contributed by atoms with Crippen molar-refractivity contribution in [3.8, 4) is 11.3 Å². The molecule has 0 unspecified atom stereocenters. The topological polar surface area (TPSA) is 80.9 Å². The highest BCUT2D eigenvalue weighted by atomic mass is 32.2. The first-order valence-electron chi connectivity index (χ1n) is 7.78. The average Bonchev–Trinajstić information content (AvgIpc) is 2.98. The Morgan fingerprint density at radius 2 is 1.96 bits per heavy atom. The molecule has 0 spiro atoms. The SMILES string of the molecule is Cc1ccc(-c2ccc(SCC(=O)Nc3cc(C)on3)nn2)c(C)c1. The third-order valence-corrected chi connectivity index (χ3v) is 4.46. The smallest absolute Gasteiger partial charge is 0.236 e. The third-order valence-electron chi connectivity index (χ3n) is 3.54. The van der Waals surface area contributed by atoms with Crippen molar-refractivity contribution in [2.24, 2.45) is 0 Å². The fourth-order valence-corrected chi connectivity index (χ4v) is 3.00. The molecule has 1 N–H and O–H groups in total. The van der Waals surface area contributed by atoms with Gasteiger partial charge < -0.3 is 9.84 Å². The molecular formula is C18H18N4O2S. The Hall–Kier alpha value is -2.67. The van der Waals surface area contributed by atoms with Gasteiger partial charge in [0, 0.05) is 11.6 Å². The first kappa shape index (κ1) is 17.2. The van der Waals surface area contributed by atoms with Gasteiger partial charge in [0.2, 0.25) is 5.91 Å². The lowest BCUT2D eigenvalue weighted by Gasteiger charge is -2.06. The van der Waals surface area contributed by atoms with Crippen LogP contribution < -0.4 is 5.32 Å². The van der Waals surface area contributed by atoms with Gasteiger partial charge in [0.1, 0.15) is 10.8 Å². The number of nitrogens with one attached hydrogen (secondary N) is 1. The van der Waals surface area contributed by atoms with Crippen LogP contribution >= 0.6 is 11.8 Å². The van der Waals surface area contributed by atoms with Crippen LogP contribution in [0.5, 0.6) is 0 Å². The van der Waals surface area contributed by atoms with Gasteiger partial charge in [-0.15, -0.1) is 10.2 Å². The maximum atomic E-state index is 11.9. The molecule has 0 aliphatic rings. The van der Waals surface area contributed by atoms with Crippen molar-refractivity contribution in [1.82, 2.24) is 15.4 Å². The summed E-state index contributed by atoms with van der Waals surface area (Å²) in [6, 6.07) is 11.7. The predicted molar refractivity (Wildman–Crippen MR) is 97.5 cm³/mol. The van der Waals surface area contributed by atoms with Gasteiger partial charge in [0.05, 0.1) is 11.4 Å². The molecule has 7 heteroatoms. The van der Waals surface area contributed by atoms with Crippen LogP contribution in [0.25, 0.3) is 11.3 Å². The highest BCUT2D eigenvalue weighted by molar-refractivity contribution is 7.99. The Bertz CT molecular complexity index is 890. The summed E-state index contributed by atoms with van der Waals surface area (Å²) in [5, 5.41) is 15.6. The van der Waals surface area contributed by atoms with Crippen molar-refractivity contribution in [3.63, 3.8) is 0 Å². The summed E-state index contributed by atoms with van der Waals surface area (Å²) in [4.78, 5) is 11.9. The van der Waals surface area contributed by atoms with Gasteiger partial charge in [-0.05, 0) is 38.5 Å². The zero-order valence-corrected chi connectivity index (χ0v) is 15.1. The summed E-state index contributed by atoms with van der Waals surface area (Å²) < 4.78 is 4.91. The summed E-state index contributed by atoms with van der Waals surface area (Å²) in [6.07, 6.45) is 0. The molecule has 0 aliphatic carbocycles. The van der Waals surface area contributed by atoms with E-state index in [1.165, 1.54) is 17.3 Å². The van der Waals surface area contributed by atoms with Gasteiger partial charge in [-0.1, -0.05) is 40.7 Å². The summed E-state index contributed by atoms with van der Waals surface area (Å²) in [5.41, 5.74) is 4.27. The van der Waals surface area contributed by atoms with Gasteiger partial charge in [0.25, 0.3) is 0 Å². The summed E-state index contributed by atoms with van der Waals surface area (Å²) >= 11 is 1.32. The molecule has 3 aromatic rings. The lowest BCUT2D eigenvalue weighted by molar-refractivity contribution is -0.113. The van der Waals surface area contributed by atoms with E-state index in [2.05, 4.69) is 52.7 Å². The minimum atomic E-state index is -0.168. The lowest BCUT2D eigenvalue weighted by Crippen LogP contribution is -2.14. The van der Waals surface area contributed by atoms with Crippen molar-refractivity contribution in [1.29, 1.82) is 0 Å². The van der Waals surface area contributed by atoms with Crippen molar-refractivity contribution < 1.29 is 9.32 Å². The number of hydrogen-bond donors (Lipinski definition) is 1. The van der Waals surface area contributed by atoms with Crippen LogP contribution in [0, 0.1) is 20.8 Å². The fourth-order valence-electron chi connectivity index (χ4n) is 2.39. The maximum Gasteiger partial charge on any atom is 0.236 e. The van der Waals surface area contributed by atoms with Gasteiger partial charge in [-0.25, -0.2) is 0 Å². The van der Waals surface area contributed by atoms with Crippen LogP contribution in [0.15, 0.2) is 45.9 Å². The molecule has 6 nitrogen and oxygen atoms in total. The van der Waals surface area contributed by atoms with Crippen LogP contribution in [0.3, 0.4) is 0 Å². The Morgan fingerprint density at radius 1 is 1.12 bits per heavy atom. The molecule has 0 fully saturated rings. The normalized spacial score (nSPS) is 10.7. The minimum Gasteiger partial charge on any atom is -0.360 e. The molecule has 0 saturated carbocycles. The minimum absolute atomic E-state index is 0.168. The molecule has 25 heavy (non-hydrogen) atoms. The molecule has 1 aromatic carbocycles. The zero-order chi connectivity index (χ0) is 17.8. The summed E-state index contributed by atoms with van der Waals surface area (Å²) in [6.45, 7) is 5.89. The molecular weight excluding hydrogens is 336 g/mol. The van der Waals surface area contributed by atoms with E-state index in [1.54, 1.807) is 13.0 Å². The number of anilines is 1. The monoisotopic (exact) mass is 354 g/mol. The molecule has 128 valence electrons. The van der Waals surface area contributed by atoms with E-state index in [4.69, 9.17) is 4.52 Å². The Kier molecular flexibility index (Phi) is 5.14. The summed E-state index contributed by atoms with van der Waals surface area (Å²) in [5.74, 6) is 1.12. The second-order valence-electron chi connectivity index (χ2n) is 5.73. The third kappa shape index (κ3) is 4.45. The molecule has 2 heterocycles. The van der Waals surface area contributed by atoms with E-state index in [0.717, 1.165) is 16.8 Å². The lowest BCUT2D eigenvalue weighted by atomic mass is 10.0. The van der Waals surface area contributed by atoms with Crippen LogP contribution in [0.4, 0.5) is 5.82 Å². The molecule has 0 bridgehead atoms. The quantitative estimate of drug-likeness (QED) is 0.702. The van der Waals surface area contributed by atoms with E-state index in [1.807, 2.05) is 12.1 Å². The van der Waals surface area contributed by atoms with Crippen LogP contribution in [0.1, 0.15) is 16.9 Å². The second kappa shape index (κ2) is 7.48. The van der Waals surface area contributed by atoms with Crippen molar-refractivity contribution in [3.05, 3.63) is 53.3 Å². The highest BCUT2D eigenvalue weighted by Gasteiger charge is 2.09. The molecule has 0 atom stereocenters. The molecule has 0 saturated heterocycles. The first-order chi connectivity index (χ1) is 12.0. The Labute approximate surface area is 150 Å². The number of amides is 1. The highest BCUT2D eigenvalue weighted by Crippen LogP contribution is 2.23. The number of carbonyl (C=O) groups excluding carboxylic acids is 1. The molecule has 2 aromatic heterocycles. The first-order valence-corrected chi connectivity index (χ1v) is 8.77. The van der Waals surface area contributed by atoms with Crippen molar-refractivity contribution >= 4 is 23.5 Å². The number of benzene rings is 1. The number of thioether (sulfide) groups is 1. The number of nitrogens with zero attached hydrogens (tertiary/aromatic N) is 3. The van der Waals surface area contributed by atoms with Crippen LogP contribution in [-0.2, 0) is 4.79 Å². The van der Waals surface area contributed by atoms with Gasteiger partial charge in [-0.3, -0.25) is 4.79 Å². The molecule has 0 radical (unpaired) electrons. The van der Waals surface area contributed by atoms with E-state index in [-0.39, 0.29) is 11.7 Å². The van der Waals surface area contributed by atoms with Gasteiger partial charge in [-0.2, -0.15) is 0 Å². The molecule has 0 aliphatic heterocycles. The van der Waals surface area contributed by atoms with Crippen molar-refractivity contribution in [2.45, 2.75) is 25.8 Å². The molecule has 1 amide bonds. The molecule has 3 rings (SSSR count). The number of aromatic nitrogens is 3. The summed E-state index contributed by atoms with van der Waals surface area (Å²) in [7, 11) is 0. The Balaban J connectivity index is 1.60. The Morgan fingerprint density at radius 3 is 2.60 bits per heavy atom. The number of aryl methyl sites for hydroxylation is 3. The van der Waals surface area contributed by atoms with E-state index < -0.39 is 0 Å². The maximum absolute atomic E-state index is 11.9. The van der Waals surface area contributed by atoms with E-state index in [0.29, 0.717) is 16.6 Å². The standard InChI is InChI=1S/C18H18N4O2S/c1-11-4-5-14(12(2)8-11)15-6-7-18(21-20-15)25-10-17(23)19-16-9-13(3)24-22-16/h4-9H,10H2,1-3H3,(H,19,22,23). The fraction of sp³-hybridized carbons (Fsp3) is 0.222. The predicted octanol–water partition coefficient (Wildman–Crippen LogP) is 3.79.